The fourth-order valence-corrected chi connectivity index (χ4v) is 6.20. The van der Waals surface area contributed by atoms with Gasteiger partial charge in [0.05, 0.1) is 16.5 Å². The Balaban J connectivity index is 1.26. The molecule has 0 N–H and O–H groups in total. The lowest BCUT2D eigenvalue weighted by atomic mass is 9.88. The maximum absolute atomic E-state index is 13.1. The highest BCUT2D eigenvalue weighted by molar-refractivity contribution is 7.89. The largest absolute Gasteiger partial charge is 0.303 e. The molecule has 2 aromatic rings. The topological polar surface area (TPSA) is 64.4 Å². The smallest absolute Gasteiger partial charge is 0.243 e. The van der Waals surface area contributed by atoms with Crippen molar-refractivity contribution in [3.8, 4) is 6.07 Å². The number of nitriles is 1. The molecule has 2 aliphatic rings. The van der Waals surface area contributed by atoms with Crippen molar-refractivity contribution in [1.29, 1.82) is 5.26 Å². The highest BCUT2D eigenvalue weighted by Gasteiger charge is 2.31. The van der Waals surface area contributed by atoms with Crippen molar-refractivity contribution in [2.45, 2.75) is 36.5 Å². The average molecular weight is 442 g/mol. The third-order valence-electron chi connectivity index (χ3n) is 6.64. The van der Waals surface area contributed by atoms with Crippen LogP contribution in [0.2, 0.25) is 0 Å². The third-order valence-corrected chi connectivity index (χ3v) is 8.55. The summed E-state index contributed by atoms with van der Waals surface area (Å²) in [7, 11) is -3.50. The van der Waals surface area contributed by atoms with E-state index in [1.165, 1.54) is 17.7 Å². The lowest BCUT2D eigenvalue weighted by molar-refractivity contribution is 0.153. The van der Waals surface area contributed by atoms with Crippen LogP contribution < -0.4 is 0 Å². The maximum Gasteiger partial charge on any atom is 0.243 e. The average Bonchev–Trinajstić information content (AvgIpc) is 2.80. The van der Waals surface area contributed by atoms with Gasteiger partial charge in [-0.15, -0.1) is 0 Å². The molecule has 7 heteroatoms. The highest BCUT2D eigenvalue weighted by atomic mass is 32.2. The summed E-state index contributed by atoms with van der Waals surface area (Å²) < 4.78 is 40.5. The van der Waals surface area contributed by atoms with Crippen molar-refractivity contribution in [2.75, 3.05) is 32.7 Å². The maximum atomic E-state index is 13.1. The number of benzene rings is 2. The minimum atomic E-state index is -3.50. The molecule has 0 aromatic heterocycles. The molecule has 5 nitrogen and oxygen atoms in total. The number of likely N-dealkylation sites (tertiary alicyclic amines) is 1. The first-order valence-corrected chi connectivity index (χ1v) is 12.4. The summed E-state index contributed by atoms with van der Waals surface area (Å²) in [5.41, 5.74) is 1.68. The van der Waals surface area contributed by atoms with Gasteiger partial charge in [0.25, 0.3) is 0 Å². The number of piperidine rings is 2. The summed E-state index contributed by atoms with van der Waals surface area (Å²) in [5.74, 6) is 0.819. The second-order valence-electron chi connectivity index (χ2n) is 8.61. The van der Waals surface area contributed by atoms with Gasteiger partial charge in [-0.25, -0.2) is 12.8 Å². The monoisotopic (exact) mass is 441 g/mol. The Bertz CT molecular complexity index is 1020. The Kier molecular flexibility index (Phi) is 6.71. The van der Waals surface area contributed by atoms with E-state index >= 15 is 0 Å². The fraction of sp³-hybridized carbons (Fsp3) is 0.458. The van der Waals surface area contributed by atoms with Gasteiger partial charge < -0.3 is 4.90 Å². The fourth-order valence-electron chi connectivity index (χ4n) is 4.73. The van der Waals surface area contributed by atoms with Crippen LogP contribution in [0.5, 0.6) is 0 Å². The highest BCUT2D eigenvalue weighted by Crippen LogP contribution is 2.30. The molecular weight excluding hydrogens is 413 g/mol. The predicted octanol–water partition coefficient (Wildman–Crippen LogP) is 3.98. The van der Waals surface area contributed by atoms with Crippen LogP contribution in [0.15, 0.2) is 53.4 Å². The van der Waals surface area contributed by atoms with Crippen LogP contribution in [-0.4, -0.2) is 50.3 Å². The van der Waals surface area contributed by atoms with Gasteiger partial charge in [-0.3, -0.25) is 0 Å². The molecule has 0 spiro atoms. The molecule has 2 fully saturated rings. The zero-order valence-electron chi connectivity index (χ0n) is 17.6. The van der Waals surface area contributed by atoms with Gasteiger partial charge in [-0.05, 0) is 92.6 Å². The van der Waals surface area contributed by atoms with E-state index in [-0.39, 0.29) is 10.7 Å². The van der Waals surface area contributed by atoms with E-state index in [1.807, 2.05) is 18.2 Å². The first kappa shape index (κ1) is 21.9. The Hall–Kier alpha value is -2.27. The lowest BCUT2D eigenvalue weighted by Gasteiger charge is -2.37. The van der Waals surface area contributed by atoms with Gasteiger partial charge >= 0.3 is 0 Å². The van der Waals surface area contributed by atoms with Crippen LogP contribution >= 0.6 is 0 Å². The predicted molar refractivity (Wildman–Crippen MR) is 117 cm³/mol. The minimum absolute atomic E-state index is 0.186. The van der Waals surface area contributed by atoms with Gasteiger partial charge in [0, 0.05) is 19.6 Å². The molecule has 2 aliphatic heterocycles. The standard InChI is InChI=1S/C24H28FN3O2S/c25-23-5-3-21(4-6-23)22-11-13-27(14-12-22)18-20-9-15-28(16-10-20)31(29,30)24-7-1-19(17-26)2-8-24/h1-8,20,22H,9-16,18H2. The van der Waals surface area contributed by atoms with E-state index in [9.17, 15) is 12.8 Å². The third kappa shape index (κ3) is 5.15. The molecule has 0 unspecified atom stereocenters. The number of nitrogens with zero attached hydrogens (tertiary/aromatic N) is 3. The summed E-state index contributed by atoms with van der Waals surface area (Å²) in [6.07, 6.45) is 3.90. The number of rotatable bonds is 5. The lowest BCUT2D eigenvalue weighted by Crippen LogP contribution is -2.43. The molecule has 31 heavy (non-hydrogen) atoms. The first-order chi connectivity index (χ1) is 15.0. The van der Waals surface area contributed by atoms with Crippen LogP contribution in [0.3, 0.4) is 0 Å². The zero-order valence-corrected chi connectivity index (χ0v) is 18.4. The van der Waals surface area contributed by atoms with Crippen LogP contribution in [0.1, 0.15) is 42.7 Å². The molecule has 164 valence electrons. The van der Waals surface area contributed by atoms with Gasteiger partial charge in [-0.2, -0.15) is 9.57 Å². The van der Waals surface area contributed by atoms with Crippen LogP contribution in [-0.2, 0) is 10.0 Å². The number of halogens is 1. The molecule has 0 aliphatic carbocycles. The van der Waals surface area contributed by atoms with E-state index < -0.39 is 10.0 Å². The molecule has 4 rings (SSSR count). The molecule has 0 saturated carbocycles. The van der Waals surface area contributed by atoms with Crippen LogP contribution in [0.4, 0.5) is 4.39 Å². The van der Waals surface area contributed by atoms with E-state index in [0.29, 0.717) is 30.5 Å². The van der Waals surface area contributed by atoms with Gasteiger partial charge in [0.2, 0.25) is 10.0 Å². The van der Waals surface area contributed by atoms with Crippen molar-refractivity contribution < 1.29 is 12.8 Å². The Morgan fingerprint density at radius 2 is 1.52 bits per heavy atom. The molecule has 2 aromatic carbocycles. The van der Waals surface area contributed by atoms with Crippen LogP contribution in [0.25, 0.3) is 0 Å². The van der Waals surface area contributed by atoms with Crippen molar-refractivity contribution in [3.63, 3.8) is 0 Å². The summed E-state index contributed by atoms with van der Waals surface area (Å²) in [4.78, 5) is 2.75. The molecule has 2 saturated heterocycles. The summed E-state index contributed by atoms with van der Waals surface area (Å²) in [5, 5.41) is 8.90. The van der Waals surface area contributed by atoms with Crippen molar-refractivity contribution in [2.24, 2.45) is 5.92 Å². The van der Waals surface area contributed by atoms with E-state index in [0.717, 1.165) is 45.3 Å². The minimum Gasteiger partial charge on any atom is -0.303 e. The van der Waals surface area contributed by atoms with Gasteiger partial charge in [-0.1, -0.05) is 12.1 Å². The summed E-state index contributed by atoms with van der Waals surface area (Å²) in [6, 6.07) is 15.0. The molecule has 0 radical (unpaired) electrons. The quantitative estimate of drug-likeness (QED) is 0.704. The first-order valence-electron chi connectivity index (χ1n) is 10.9. The van der Waals surface area contributed by atoms with Gasteiger partial charge in [0.15, 0.2) is 0 Å². The Morgan fingerprint density at radius 3 is 2.10 bits per heavy atom. The number of hydrogen-bond acceptors (Lipinski definition) is 4. The second-order valence-corrected chi connectivity index (χ2v) is 10.5. The van der Waals surface area contributed by atoms with E-state index in [1.54, 1.807) is 28.6 Å². The molecule has 0 bridgehead atoms. The van der Waals surface area contributed by atoms with Crippen LogP contribution in [0, 0.1) is 23.1 Å². The molecular formula is C24H28FN3O2S. The Labute approximate surface area is 184 Å². The number of sulfonamides is 1. The van der Waals surface area contributed by atoms with E-state index in [4.69, 9.17) is 5.26 Å². The van der Waals surface area contributed by atoms with E-state index in [2.05, 4.69) is 4.90 Å². The molecule has 2 heterocycles. The van der Waals surface area contributed by atoms with Gasteiger partial charge in [0.1, 0.15) is 5.82 Å². The van der Waals surface area contributed by atoms with Crippen molar-refractivity contribution >= 4 is 10.0 Å². The normalized spacial score (nSPS) is 19.9. The summed E-state index contributed by atoms with van der Waals surface area (Å²) >= 11 is 0. The summed E-state index contributed by atoms with van der Waals surface area (Å²) in [6.45, 7) is 4.16. The zero-order chi connectivity index (χ0) is 21.8. The SMILES string of the molecule is N#Cc1ccc(S(=O)(=O)N2CCC(CN3CCC(c4ccc(F)cc4)CC3)CC2)cc1. The molecule has 0 atom stereocenters. The molecule has 0 amide bonds. The Morgan fingerprint density at radius 1 is 0.903 bits per heavy atom. The second kappa shape index (κ2) is 9.47. The van der Waals surface area contributed by atoms with Crippen molar-refractivity contribution in [3.05, 3.63) is 65.5 Å². The number of hydrogen-bond donors (Lipinski definition) is 0. The van der Waals surface area contributed by atoms with Crippen molar-refractivity contribution in [1.82, 2.24) is 9.21 Å².